The molecule has 0 saturated heterocycles. The summed E-state index contributed by atoms with van der Waals surface area (Å²) in [6.45, 7) is 8.95. The van der Waals surface area contributed by atoms with E-state index < -0.39 is 20.8 Å². The molecule has 0 spiro atoms. The molecule has 8 nitrogen and oxygen atoms in total. The molecule has 0 bridgehead atoms. The Labute approximate surface area is 343 Å². The first-order chi connectivity index (χ1) is 22.0. The van der Waals surface area contributed by atoms with Gasteiger partial charge in [0.25, 0.3) is 0 Å². The van der Waals surface area contributed by atoms with Crippen molar-refractivity contribution in [3.05, 3.63) is 0 Å². The molecule has 0 atom stereocenters. The Morgan fingerprint density at radius 1 is 0.375 bits per heavy atom. The second-order valence-electron chi connectivity index (χ2n) is 13.3. The third-order valence-corrected chi connectivity index (χ3v) is 9.61. The van der Waals surface area contributed by atoms with E-state index in [-0.39, 0.29) is 84.2 Å². The summed E-state index contributed by atoms with van der Waals surface area (Å²) >= 11 is 0. The Bertz CT molecular complexity index is 730. The Kier molecular flexibility index (Phi) is 48.8. The van der Waals surface area contributed by atoms with Crippen LogP contribution in [0.2, 0.25) is 0 Å². The first-order valence-corrected chi connectivity index (χ1v) is 21.9. The zero-order valence-corrected chi connectivity index (χ0v) is 38.1. The van der Waals surface area contributed by atoms with Crippen molar-refractivity contribution in [2.24, 2.45) is 11.8 Å². The molecule has 0 N–H and O–H groups in total. The molecular formula is C36H74Na2O8S2. The van der Waals surface area contributed by atoms with Gasteiger partial charge in [-0.15, -0.1) is 0 Å². The molecule has 0 aliphatic heterocycles. The van der Waals surface area contributed by atoms with Crippen molar-refractivity contribution in [1.82, 2.24) is 0 Å². The summed E-state index contributed by atoms with van der Waals surface area (Å²) in [4.78, 5) is 0. The number of unbranched alkanes of at least 4 members (excludes halogenated alkanes) is 20. The molecule has 48 heavy (non-hydrogen) atoms. The van der Waals surface area contributed by atoms with Gasteiger partial charge in [-0.25, -0.2) is 16.8 Å². The summed E-state index contributed by atoms with van der Waals surface area (Å²) in [6.07, 6.45) is 33.3. The fourth-order valence-corrected chi connectivity index (χ4v) is 6.55. The van der Waals surface area contributed by atoms with Crippen LogP contribution in [0.15, 0.2) is 0 Å². The van der Waals surface area contributed by atoms with Gasteiger partial charge in [0.05, 0.1) is 13.2 Å². The molecule has 0 rings (SSSR count). The van der Waals surface area contributed by atoms with Crippen LogP contribution in [0.5, 0.6) is 0 Å². The Balaban J connectivity index is -0.000000387. The van der Waals surface area contributed by atoms with Crippen molar-refractivity contribution in [2.45, 2.75) is 207 Å². The van der Waals surface area contributed by atoms with Crippen LogP contribution in [0.25, 0.3) is 0 Å². The molecule has 0 aliphatic carbocycles. The predicted molar refractivity (Wildman–Crippen MR) is 190 cm³/mol. The fraction of sp³-hybridized carbons (Fsp3) is 1.00. The summed E-state index contributed by atoms with van der Waals surface area (Å²) in [5.41, 5.74) is 0. The van der Waals surface area contributed by atoms with E-state index in [0.717, 1.165) is 51.4 Å². The summed E-state index contributed by atoms with van der Waals surface area (Å²) in [6, 6.07) is 0. The van der Waals surface area contributed by atoms with Gasteiger partial charge in [0.1, 0.15) is 0 Å². The van der Waals surface area contributed by atoms with Crippen molar-refractivity contribution in [1.29, 1.82) is 0 Å². The first-order valence-electron chi connectivity index (χ1n) is 19.2. The third-order valence-electron chi connectivity index (χ3n) is 8.76. The van der Waals surface area contributed by atoms with Gasteiger partial charge in [-0.05, 0) is 37.5 Å². The minimum absolute atomic E-state index is 0. The third kappa shape index (κ3) is 49.9. The van der Waals surface area contributed by atoms with E-state index in [4.69, 9.17) is 0 Å². The van der Waals surface area contributed by atoms with E-state index >= 15 is 0 Å². The normalized spacial score (nSPS) is 11.7. The molecule has 0 aliphatic rings. The van der Waals surface area contributed by atoms with Gasteiger partial charge >= 0.3 is 59.1 Å². The Morgan fingerprint density at radius 2 is 0.562 bits per heavy atom. The maximum atomic E-state index is 10.7. The van der Waals surface area contributed by atoms with Crippen LogP contribution in [0.3, 0.4) is 0 Å². The van der Waals surface area contributed by atoms with Gasteiger partial charge in [-0.3, -0.25) is 8.37 Å². The monoisotopic (exact) mass is 744 g/mol. The van der Waals surface area contributed by atoms with E-state index in [9.17, 15) is 25.9 Å². The number of rotatable bonds is 34. The molecule has 0 fully saturated rings. The quantitative estimate of drug-likeness (QED) is 0.0382. The van der Waals surface area contributed by atoms with E-state index in [0.29, 0.717) is 0 Å². The van der Waals surface area contributed by atoms with Crippen molar-refractivity contribution < 1.29 is 93.4 Å². The van der Waals surface area contributed by atoms with Crippen molar-refractivity contribution >= 4 is 20.8 Å². The smallest absolute Gasteiger partial charge is 0.726 e. The summed E-state index contributed by atoms with van der Waals surface area (Å²) in [5.74, 6) is 0.409. The molecule has 0 aromatic heterocycles. The Morgan fingerprint density at radius 3 is 0.750 bits per heavy atom. The van der Waals surface area contributed by atoms with Gasteiger partial charge in [0.2, 0.25) is 20.8 Å². The fourth-order valence-electron chi connectivity index (χ4n) is 5.83. The van der Waals surface area contributed by atoms with Crippen LogP contribution >= 0.6 is 0 Å². The maximum Gasteiger partial charge on any atom is 1.00 e. The first kappa shape index (κ1) is 56.5. The summed E-state index contributed by atoms with van der Waals surface area (Å²) in [5, 5.41) is 0. The minimum atomic E-state index is -4.55. The van der Waals surface area contributed by atoms with Crippen molar-refractivity contribution in [3.8, 4) is 0 Å². The van der Waals surface area contributed by atoms with Gasteiger partial charge in [-0.1, -0.05) is 182 Å². The molecule has 12 heteroatoms. The van der Waals surface area contributed by atoms with Crippen LogP contribution in [-0.2, 0) is 29.2 Å². The zero-order chi connectivity index (χ0) is 34.8. The molecular weight excluding hydrogens is 671 g/mol. The predicted octanol–water partition coefficient (Wildman–Crippen LogP) is 5.17. The molecule has 0 unspecified atom stereocenters. The van der Waals surface area contributed by atoms with E-state index in [2.05, 4.69) is 36.1 Å². The SMILES string of the molecule is CCCCCCCCC(CCCCCCCC)COS(=O)(=O)[O-].CCCCCCCCC(CCCCCCCC)COS(=O)(=O)[O-].[Na+].[Na+]. The second-order valence-corrected chi connectivity index (χ2v) is 15.4. The molecule has 0 aromatic carbocycles. The number of hydrogen-bond donors (Lipinski definition) is 0. The molecule has 280 valence electrons. The van der Waals surface area contributed by atoms with E-state index in [1.54, 1.807) is 0 Å². The second kappa shape index (κ2) is 41.5. The maximum absolute atomic E-state index is 10.7. The zero-order valence-electron chi connectivity index (χ0n) is 32.5. The van der Waals surface area contributed by atoms with Crippen molar-refractivity contribution in [3.63, 3.8) is 0 Å². The standard InChI is InChI=1S/2C18H38O4S.2Na/c2*1-3-5-7-9-11-13-15-18(17-22-23(19,20)21)16-14-12-10-8-6-4-2;;/h2*18H,3-17H2,1-2H3,(H,19,20,21);;/q;;2*+1/p-2. The van der Waals surface area contributed by atoms with Crippen molar-refractivity contribution in [2.75, 3.05) is 13.2 Å². The molecule has 0 radical (unpaired) electrons. The largest absolute Gasteiger partial charge is 1.00 e. The topological polar surface area (TPSA) is 133 Å². The molecule has 0 heterocycles. The molecule has 0 aromatic rings. The summed E-state index contributed by atoms with van der Waals surface area (Å²) in [7, 11) is -9.11. The molecule has 0 saturated carbocycles. The van der Waals surface area contributed by atoms with E-state index in [1.165, 1.54) is 128 Å². The number of hydrogen-bond acceptors (Lipinski definition) is 8. The minimum Gasteiger partial charge on any atom is -0.726 e. The van der Waals surface area contributed by atoms with Crippen LogP contribution in [0, 0.1) is 11.8 Å². The van der Waals surface area contributed by atoms with Crippen LogP contribution in [0.4, 0.5) is 0 Å². The average Bonchev–Trinajstić information content (AvgIpc) is 3.00. The van der Waals surface area contributed by atoms with Crippen LogP contribution in [0.1, 0.15) is 207 Å². The summed E-state index contributed by atoms with van der Waals surface area (Å²) < 4.78 is 72.9. The molecule has 0 amide bonds. The van der Waals surface area contributed by atoms with E-state index in [1.807, 2.05) is 0 Å². The van der Waals surface area contributed by atoms with Gasteiger partial charge in [-0.2, -0.15) is 0 Å². The Hall–Kier alpha value is 1.74. The van der Waals surface area contributed by atoms with Crippen LogP contribution in [-0.4, -0.2) is 39.2 Å². The van der Waals surface area contributed by atoms with Gasteiger partial charge in [0.15, 0.2) is 0 Å². The van der Waals surface area contributed by atoms with Gasteiger partial charge in [0, 0.05) is 0 Å². The van der Waals surface area contributed by atoms with Gasteiger partial charge < -0.3 is 9.11 Å². The van der Waals surface area contributed by atoms with Crippen LogP contribution < -0.4 is 59.1 Å². The average molecular weight is 745 g/mol.